The summed E-state index contributed by atoms with van der Waals surface area (Å²) in [6.07, 6.45) is 0. The van der Waals surface area contributed by atoms with Crippen molar-refractivity contribution in [1.82, 2.24) is 9.55 Å². The predicted octanol–water partition coefficient (Wildman–Crippen LogP) is 5.44. The first-order chi connectivity index (χ1) is 18.2. The molecular weight excluding hydrogens is 544 g/mol. The van der Waals surface area contributed by atoms with Gasteiger partial charge in [-0.05, 0) is 61.4 Å². The minimum Gasteiger partial charge on any atom is -0.462 e. The van der Waals surface area contributed by atoms with E-state index < -0.39 is 5.97 Å². The number of thioether (sulfide) groups is 1. The molecule has 1 amide bonds. The van der Waals surface area contributed by atoms with Crippen LogP contribution in [-0.2, 0) is 16.1 Å². The minimum absolute atomic E-state index is 0.0397. The van der Waals surface area contributed by atoms with Crippen LogP contribution in [0.15, 0.2) is 58.5 Å². The molecule has 0 saturated carbocycles. The third-order valence-corrected chi connectivity index (χ3v) is 8.08. The number of aromatic nitrogens is 2. The SMILES string of the molecule is CCOC(=O)c1sc2nc(SCC(=O)Nc3ccc(N(C)C)cc3)n(Cc3cccc(Cl)c3)c(=O)c2c1C. The van der Waals surface area contributed by atoms with Crippen molar-refractivity contribution in [3.05, 3.63) is 79.9 Å². The lowest BCUT2D eigenvalue weighted by atomic mass is 10.2. The van der Waals surface area contributed by atoms with Gasteiger partial charge in [0.05, 0.1) is 24.3 Å². The highest BCUT2D eigenvalue weighted by molar-refractivity contribution is 7.99. The quantitative estimate of drug-likeness (QED) is 0.163. The van der Waals surface area contributed by atoms with E-state index in [-0.39, 0.29) is 30.4 Å². The van der Waals surface area contributed by atoms with Crippen LogP contribution in [0.4, 0.5) is 11.4 Å². The third-order valence-electron chi connectivity index (χ3n) is 5.71. The smallest absolute Gasteiger partial charge is 0.348 e. The van der Waals surface area contributed by atoms with E-state index in [1.54, 1.807) is 26.0 Å². The molecule has 0 fully saturated rings. The second-order valence-corrected chi connectivity index (χ2v) is 11.0. The zero-order chi connectivity index (χ0) is 27.4. The summed E-state index contributed by atoms with van der Waals surface area (Å²) >= 11 is 8.45. The molecule has 11 heteroatoms. The van der Waals surface area contributed by atoms with Crippen molar-refractivity contribution >= 4 is 68.2 Å². The van der Waals surface area contributed by atoms with Gasteiger partial charge in [-0.3, -0.25) is 14.2 Å². The van der Waals surface area contributed by atoms with Crippen molar-refractivity contribution in [2.24, 2.45) is 0 Å². The van der Waals surface area contributed by atoms with Gasteiger partial charge >= 0.3 is 5.97 Å². The number of carbonyl (C=O) groups is 2. The molecule has 2 heterocycles. The molecule has 0 aliphatic heterocycles. The molecule has 0 unspecified atom stereocenters. The number of fused-ring (bicyclic) bond motifs is 1. The molecule has 0 bridgehead atoms. The first kappa shape index (κ1) is 27.7. The number of anilines is 2. The van der Waals surface area contributed by atoms with Crippen molar-refractivity contribution in [2.45, 2.75) is 25.5 Å². The molecule has 1 N–H and O–H groups in total. The summed E-state index contributed by atoms with van der Waals surface area (Å²) in [5.41, 5.74) is 2.76. The maximum Gasteiger partial charge on any atom is 0.348 e. The number of hydrogen-bond acceptors (Lipinski definition) is 8. The Morgan fingerprint density at radius 1 is 1.18 bits per heavy atom. The summed E-state index contributed by atoms with van der Waals surface area (Å²) in [6, 6.07) is 14.7. The second-order valence-electron chi connectivity index (χ2n) is 8.65. The fraction of sp³-hybridized carbons (Fsp3) is 0.259. The highest BCUT2D eigenvalue weighted by Gasteiger charge is 2.23. The normalized spacial score (nSPS) is 11.0. The number of nitrogens with zero attached hydrogens (tertiary/aromatic N) is 3. The van der Waals surface area contributed by atoms with Gasteiger partial charge < -0.3 is 15.0 Å². The largest absolute Gasteiger partial charge is 0.462 e. The van der Waals surface area contributed by atoms with Gasteiger partial charge in [-0.2, -0.15) is 0 Å². The lowest BCUT2D eigenvalue weighted by Crippen LogP contribution is -2.25. The molecule has 38 heavy (non-hydrogen) atoms. The van der Waals surface area contributed by atoms with Crippen molar-refractivity contribution in [2.75, 3.05) is 36.7 Å². The van der Waals surface area contributed by atoms with Crippen LogP contribution in [0.25, 0.3) is 10.2 Å². The first-order valence-electron chi connectivity index (χ1n) is 11.8. The number of nitrogens with one attached hydrogen (secondary N) is 1. The number of thiophene rings is 1. The van der Waals surface area contributed by atoms with Crippen molar-refractivity contribution < 1.29 is 14.3 Å². The maximum atomic E-state index is 13.7. The van der Waals surface area contributed by atoms with Gasteiger partial charge in [-0.25, -0.2) is 9.78 Å². The number of halogens is 1. The fourth-order valence-corrected chi connectivity index (χ4v) is 5.95. The predicted molar refractivity (Wildman–Crippen MR) is 155 cm³/mol. The average molecular weight is 571 g/mol. The number of amides is 1. The van der Waals surface area contributed by atoms with Crippen LogP contribution in [-0.4, -0.2) is 47.9 Å². The molecule has 198 valence electrons. The lowest BCUT2D eigenvalue weighted by molar-refractivity contribution is -0.113. The zero-order valence-electron chi connectivity index (χ0n) is 21.4. The highest BCUT2D eigenvalue weighted by atomic mass is 35.5. The standard InChI is InChI=1S/C27H27ClN4O4S2/c1-5-36-26(35)23-16(2)22-24(38-23)30-27(32(25(22)34)14-17-7-6-8-18(28)13-17)37-15-21(33)29-19-9-11-20(12-10-19)31(3)4/h6-13H,5,14-15H2,1-4H3,(H,29,33). The van der Waals surface area contributed by atoms with Gasteiger partial charge in [0.2, 0.25) is 5.91 Å². The molecule has 0 atom stereocenters. The molecule has 4 rings (SSSR count). The summed E-state index contributed by atoms with van der Waals surface area (Å²) in [7, 11) is 3.89. The molecule has 2 aromatic heterocycles. The molecular formula is C27H27ClN4O4S2. The van der Waals surface area contributed by atoms with E-state index in [0.717, 1.165) is 34.3 Å². The molecule has 0 spiro atoms. The van der Waals surface area contributed by atoms with Gasteiger partial charge in [0.15, 0.2) is 5.16 Å². The molecule has 8 nitrogen and oxygen atoms in total. The molecule has 2 aromatic carbocycles. The van der Waals surface area contributed by atoms with Crippen molar-refractivity contribution in [3.8, 4) is 0 Å². The Balaban J connectivity index is 1.66. The van der Waals surface area contributed by atoms with Crippen LogP contribution in [0.5, 0.6) is 0 Å². The summed E-state index contributed by atoms with van der Waals surface area (Å²) < 4.78 is 6.68. The van der Waals surface area contributed by atoms with Crippen LogP contribution in [0, 0.1) is 6.92 Å². The molecule has 4 aromatic rings. The van der Waals surface area contributed by atoms with E-state index in [1.807, 2.05) is 55.4 Å². The van der Waals surface area contributed by atoms with Gasteiger partial charge in [-0.1, -0.05) is 35.5 Å². The second kappa shape index (κ2) is 12.0. The Hall–Kier alpha value is -3.34. The number of ether oxygens (including phenoxy) is 1. The molecule has 0 aliphatic rings. The Labute approximate surface area is 233 Å². The minimum atomic E-state index is -0.484. The van der Waals surface area contributed by atoms with E-state index in [4.69, 9.17) is 21.3 Å². The van der Waals surface area contributed by atoms with Crippen LogP contribution >= 0.6 is 34.7 Å². The van der Waals surface area contributed by atoms with Gasteiger partial charge in [0.25, 0.3) is 5.56 Å². The Kier molecular flexibility index (Phi) is 8.76. The number of rotatable bonds is 9. The lowest BCUT2D eigenvalue weighted by Gasteiger charge is -2.14. The Morgan fingerprint density at radius 3 is 2.58 bits per heavy atom. The summed E-state index contributed by atoms with van der Waals surface area (Å²) in [6.45, 7) is 3.89. The summed E-state index contributed by atoms with van der Waals surface area (Å²) in [5.74, 6) is -0.675. The van der Waals surface area contributed by atoms with Gasteiger partial charge in [0, 0.05) is 30.5 Å². The first-order valence-corrected chi connectivity index (χ1v) is 14.0. The van der Waals surface area contributed by atoms with Crippen molar-refractivity contribution in [3.63, 3.8) is 0 Å². The highest BCUT2D eigenvalue weighted by Crippen LogP contribution is 2.30. The van der Waals surface area contributed by atoms with Crippen LogP contribution in [0.3, 0.4) is 0 Å². The van der Waals surface area contributed by atoms with E-state index >= 15 is 0 Å². The number of aryl methyl sites for hydroxylation is 1. The fourth-order valence-electron chi connectivity index (χ4n) is 3.83. The molecule has 0 saturated heterocycles. The number of esters is 1. The van der Waals surface area contributed by atoms with E-state index in [0.29, 0.717) is 36.5 Å². The molecule has 0 aliphatic carbocycles. The zero-order valence-corrected chi connectivity index (χ0v) is 23.8. The van der Waals surface area contributed by atoms with Crippen LogP contribution in [0.2, 0.25) is 5.02 Å². The van der Waals surface area contributed by atoms with Gasteiger partial charge in [0.1, 0.15) is 9.71 Å². The Bertz CT molecular complexity index is 1550. The third kappa shape index (κ3) is 6.20. The van der Waals surface area contributed by atoms with E-state index in [1.165, 1.54) is 4.57 Å². The topological polar surface area (TPSA) is 93.5 Å². The molecule has 0 radical (unpaired) electrons. The van der Waals surface area contributed by atoms with Crippen molar-refractivity contribution in [1.29, 1.82) is 0 Å². The van der Waals surface area contributed by atoms with Crippen LogP contribution in [0.1, 0.15) is 27.7 Å². The average Bonchev–Trinajstić information content (AvgIpc) is 3.21. The monoisotopic (exact) mass is 570 g/mol. The Morgan fingerprint density at radius 2 is 1.92 bits per heavy atom. The number of benzene rings is 2. The maximum absolute atomic E-state index is 13.7. The number of hydrogen-bond donors (Lipinski definition) is 1. The summed E-state index contributed by atoms with van der Waals surface area (Å²) in [4.78, 5) is 46.4. The van der Waals surface area contributed by atoms with Crippen LogP contribution < -0.4 is 15.8 Å². The van der Waals surface area contributed by atoms with E-state index in [2.05, 4.69) is 5.32 Å². The van der Waals surface area contributed by atoms with E-state index in [9.17, 15) is 14.4 Å². The summed E-state index contributed by atoms with van der Waals surface area (Å²) in [5, 5.41) is 4.17. The number of carbonyl (C=O) groups excluding carboxylic acids is 2. The van der Waals surface area contributed by atoms with Gasteiger partial charge in [-0.15, -0.1) is 11.3 Å².